The van der Waals surface area contributed by atoms with Crippen LogP contribution in [0, 0.1) is 6.92 Å². The third-order valence-electron chi connectivity index (χ3n) is 5.13. The van der Waals surface area contributed by atoms with Gasteiger partial charge in [-0.2, -0.15) is 10.2 Å². The fourth-order valence-electron chi connectivity index (χ4n) is 3.53. The first-order valence-electron chi connectivity index (χ1n) is 10.5. The molecule has 0 aliphatic rings. The Morgan fingerprint density at radius 3 is 2.76 bits per heavy atom. The summed E-state index contributed by atoms with van der Waals surface area (Å²) < 4.78 is 9.50. The highest BCUT2D eigenvalue weighted by atomic mass is 35.5. The zero-order valence-corrected chi connectivity index (χ0v) is 19.7. The summed E-state index contributed by atoms with van der Waals surface area (Å²) in [7, 11) is 3.71. The van der Waals surface area contributed by atoms with E-state index in [1.54, 1.807) is 34.0 Å². The van der Waals surface area contributed by atoms with E-state index >= 15 is 0 Å². The molecule has 4 aromatic rings. The van der Waals surface area contributed by atoms with Crippen LogP contribution in [-0.2, 0) is 14.1 Å². The van der Waals surface area contributed by atoms with Crippen molar-refractivity contribution >= 4 is 23.1 Å². The van der Waals surface area contributed by atoms with Crippen molar-refractivity contribution in [3.8, 4) is 28.5 Å². The van der Waals surface area contributed by atoms with Gasteiger partial charge in [-0.05, 0) is 31.5 Å². The van der Waals surface area contributed by atoms with Crippen LogP contribution in [0.3, 0.4) is 0 Å². The highest BCUT2D eigenvalue weighted by Crippen LogP contribution is 2.31. The number of nitrogen functional groups attached to an aromatic ring is 1. The fraction of sp³-hybridized carbons (Fsp3) is 0.318. The van der Waals surface area contributed by atoms with Crippen molar-refractivity contribution in [1.82, 2.24) is 34.5 Å². The molecule has 3 N–H and O–H groups in total. The molecule has 0 bridgehead atoms. The van der Waals surface area contributed by atoms with E-state index in [0.717, 1.165) is 28.9 Å². The van der Waals surface area contributed by atoms with Crippen LogP contribution in [0.1, 0.15) is 18.9 Å². The minimum Gasteiger partial charge on any atom is -0.477 e. The van der Waals surface area contributed by atoms with Gasteiger partial charge in [0, 0.05) is 56.4 Å². The van der Waals surface area contributed by atoms with Gasteiger partial charge in [-0.15, -0.1) is 0 Å². The Bertz CT molecular complexity index is 1270. The lowest BCUT2D eigenvalue weighted by Crippen LogP contribution is -2.19. The molecule has 0 saturated carbocycles. The number of rotatable bonds is 8. The number of hydrogen-bond acceptors (Lipinski definition) is 8. The van der Waals surface area contributed by atoms with E-state index in [-0.39, 0.29) is 6.04 Å². The highest BCUT2D eigenvalue weighted by Gasteiger charge is 2.17. The number of pyridine rings is 1. The number of ether oxygens (including phenoxy) is 1. The summed E-state index contributed by atoms with van der Waals surface area (Å²) in [6.07, 6.45) is 7.73. The lowest BCUT2D eigenvalue weighted by molar-refractivity contribution is 0.280. The van der Waals surface area contributed by atoms with E-state index < -0.39 is 0 Å². The number of anilines is 2. The van der Waals surface area contributed by atoms with Gasteiger partial charge in [0.2, 0.25) is 5.88 Å². The van der Waals surface area contributed by atoms with Gasteiger partial charge in [-0.1, -0.05) is 11.6 Å². The maximum atomic E-state index is 6.18. The van der Waals surface area contributed by atoms with Gasteiger partial charge in [0.05, 0.1) is 18.5 Å². The average Bonchev–Trinajstić information content (AvgIpc) is 3.29. The Kier molecular flexibility index (Phi) is 6.45. The summed E-state index contributed by atoms with van der Waals surface area (Å²) in [6.45, 7) is 4.56. The standard InChI is InChI=1S/C22H26ClN9O/c1-13-12-31(3)30-20(13)15-10-26-18(23)9-17(15)28-14(2)6-8-33-22-16(11-27-32(22)4)21-25-7-5-19(24)29-21/h5,7,9-12,14H,6,8H2,1-4H3,(H,26,28)(H2,24,25,29)/t14-/m0/s1. The second-order valence-electron chi connectivity index (χ2n) is 7.86. The molecule has 0 aliphatic heterocycles. The SMILES string of the molecule is Cc1cn(C)nc1-c1cnc(Cl)cc1N[C@@H](C)CCOc1c(-c2nccc(N)n2)cnn1C. The van der Waals surface area contributed by atoms with Crippen molar-refractivity contribution in [2.75, 3.05) is 17.7 Å². The Labute approximate surface area is 196 Å². The molecule has 0 spiro atoms. The normalized spacial score (nSPS) is 12.0. The van der Waals surface area contributed by atoms with Crippen molar-refractivity contribution in [2.45, 2.75) is 26.3 Å². The molecule has 0 amide bonds. The second kappa shape index (κ2) is 9.45. The maximum absolute atomic E-state index is 6.18. The van der Waals surface area contributed by atoms with E-state index in [0.29, 0.717) is 34.8 Å². The molecular formula is C22H26ClN9O. The van der Waals surface area contributed by atoms with Crippen molar-refractivity contribution in [1.29, 1.82) is 0 Å². The van der Waals surface area contributed by atoms with Crippen molar-refractivity contribution in [2.24, 2.45) is 14.1 Å². The summed E-state index contributed by atoms with van der Waals surface area (Å²) in [6, 6.07) is 3.55. The number of nitrogens with one attached hydrogen (secondary N) is 1. The lowest BCUT2D eigenvalue weighted by Gasteiger charge is -2.18. The van der Waals surface area contributed by atoms with Crippen LogP contribution < -0.4 is 15.8 Å². The summed E-state index contributed by atoms with van der Waals surface area (Å²) in [5.74, 6) is 1.46. The number of aromatic nitrogens is 7. The molecule has 0 unspecified atom stereocenters. The van der Waals surface area contributed by atoms with Gasteiger partial charge in [-0.3, -0.25) is 4.68 Å². The predicted octanol–water partition coefficient (Wildman–Crippen LogP) is 3.49. The predicted molar refractivity (Wildman–Crippen MR) is 128 cm³/mol. The lowest BCUT2D eigenvalue weighted by atomic mass is 10.1. The van der Waals surface area contributed by atoms with Crippen molar-refractivity contribution in [3.63, 3.8) is 0 Å². The quantitative estimate of drug-likeness (QED) is 0.377. The van der Waals surface area contributed by atoms with Crippen molar-refractivity contribution in [3.05, 3.63) is 47.6 Å². The number of halogens is 1. The monoisotopic (exact) mass is 467 g/mol. The molecule has 0 aromatic carbocycles. The molecule has 0 saturated heterocycles. The van der Waals surface area contributed by atoms with E-state index in [9.17, 15) is 0 Å². The third-order valence-corrected chi connectivity index (χ3v) is 5.34. The molecule has 33 heavy (non-hydrogen) atoms. The largest absolute Gasteiger partial charge is 0.477 e. The zero-order valence-electron chi connectivity index (χ0n) is 18.9. The fourth-order valence-corrected chi connectivity index (χ4v) is 3.69. The molecule has 0 radical (unpaired) electrons. The van der Waals surface area contributed by atoms with E-state index in [1.165, 1.54) is 0 Å². The molecule has 0 fully saturated rings. The third kappa shape index (κ3) is 5.06. The van der Waals surface area contributed by atoms with Crippen LogP contribution in [0.5, 0.6) is 5.88 Å². The number of nitrogens with zero attached hydrogens (tertiary/aromatic N) is 7. The van der Waals surface area contributed by atoms with Crippen LogP contribution in [0.4, 0.5) is 11.5 Å². The summed E-state index contributed by atoms with van der Waals surface area (Å²) in [5, 5.41) is 12.8. The molecular weight excluding hydrogens is 442 g/mol. The van der Waals surface area contributed by atoms with Crippen LogP contribution >= 0.6 is 11.6 Å². The smallest absolute Gasteiger partial charge is 0.222 e. The first kappa shape index (κ1) is 22.5. The van der Waals surface area contributed by atoms with Crippen LogP contribution in [0.2, 0.25) is 5.15 Å². The minimum atomic E-state index is 0.0894. The van der Waals surface area contributed by atoms with Gasteiger partial charge in [-0.25, -0.2) is 19.6 Å². The van der Waals surface area contributed by atoms with Crippen molar-refractivity contribution < 1.29 is 4.74 Å². The van der Waals surface area contributed by atoms with E-state index in [4.69, 9.17) is 22.1 Å². The van der Waals surface area contributed by atoms with Gasteiger partial charge < -0.3 is 15.8 Å². The Morgan fingerprint density at radius 1 is 1.21 bits per heavy atom. The van der Waals surface area contributed by atoms with Gasteiger partial charge in [0.1, 0.15) is 16.5 Å². The molecule has 172 valence electrons. The molecule has 4 rings (SSSR count). The maximum Gasteiger partial charge on any atom is 0.222 e. The molecule has 4 aromatic heterocycles. The summed E-state index contributed by atoms with van der Waals surface area (Å²) in [4.78, 5) is 12.8. The minimum absolute atomic E-state index is 0.0894. The summed E-state index contributed by atoms with van der Waals surface area (Å²) in [5.41, 5.74) is 10.2. The number of nitrogens with two attached hydrogens (primary N) is 1. The Hall–Kier alpha value is -3.66. The van der Waals surface area contributed by atoms with Crippen LogP contribution in [0.25, 0.3) is 22.6 Å². The van der Waals surface area contributed by atoms with Gasteiger partial charge in [0.15, 0.2) is 5.82 Å². The average molecular weight is 468 g/mol. The first-order valence-corrected chi connectivity index (χ1v) is 10.9. The molecule has 4 heterocycles. The number of aryl methyl sites for hydroxylation is 3. The van der Waals surface area contributed by atoms with E-state index in [2.05, 4.69) is 37.4 Å². The number of hydrogen-bond donors (Lipinski definition) is 2. The molecule has 10 nitrogen and oxygen atoms in total. The Morgan fingerprint density at radius 2 is 2.03 bits per heavy atom. The topological polar surface area (TPSA) is 122 Å². The van der Waals surface area contributed by atoms with E-state index in [1.807, 2.05) is 33.3 Å². The molecule has 0 aliphatic carbocycles. The highest BCUT2D eigenvalue weighted by molar-refractivity contribution is 6.29. The Balaban J connectivity index is 1.45. The van der Waals surface area contributed by atoms with Gasteiger partial charge in [0.25, 0.3) is 0 Å². The second-order valence-corrected chi connectivity index (χ2v) is 8.25. The first-order chi connectivity index (χ1) is 15.8. The van der Waals surface area contributed by atoms with Crippen LogP contribution in [-0.4, -0.2) is 47.2 Å². The van der Waals surface area contributed by atoms with Gasteiger partial charge >= 0.3 is 0 Å². The summed E-state index contributed by atoms with van der Waals surface area (Å²) >= 11 is 6.18. The van der Waals surface area contributed by atoms with Crippen LogP contribution in [0.15, 0.2) is 36.9 Å². The molecule has 1 atom stereocenters. The zero-order chi connectivity index (χ0) is 23.5. The molecule has 11 heteroatoms.